The minimum atomic E-state index is 0.0886. The van der Waals surface area contributed by atoms with Crippen molar-refractivity contribution in [2.75, 3.05) is 11.9 Å². The number of nitrogens with zero attached hydrogens (tertiary/aromatic N) is 1. The molecule has 1 fully saturated rings. The molecule has 0 unspecified atom stereocenters. The smallest absolute Gasteiger partial charge is 0.0510 e. The normalized spacial score (nSPS) is 24.4. The summed E-state index contributed by atoms with van der Waals surface area (Å²) in [5.41, 5.74) is 8.42. The highest BCUT2D eigenvalue weighted by Crippen LogP contribution is 2.35. The van der Waals surface area contributed by atoms with E-state index in [0.29, 0.717) is 6.04 Å². The molecule has 2 nitrogen and oxygen atoms in total. The number of hydrogen-bond acceptors (Lipinski definition) is 2. The maximum atomic E-state index is 5.95. The van der Waals surface area contributed by atoms with Crippen molar-refractivity contribution in [1.82, 2.24) is 0 Å². The standard InChI is InChI=1S/C17H27BrN2/c1-4-13-5-8-15(9-6-13)20(3)17-10-7-14(12(2)19)11-16(17)18/h7,10-13,15H,4-6,8-9,19H2,1-3H3/t12-,13?,15?/m0/s1. The van der Waals surface area contributed by atoms with Gasteiger partial charge in [0.15, 0.2) is 0 Å². The first-order valence-electron chi connectivity index (χ1n) is 7.80. The van der Waals surface area contributed by atoms with E-state index in [1.54, 1.807) is 0 Å². The summed E-state index contributed by atoms with van der Waals surface area (Å²) in [4.78, 5) is 2.45. The Balaban J connectivity index is 2.07. The van der Waals surface area contributed by atoms with Crippen molar-refractivity contribution in [3.63, 3.8) is 0 Å². The monoisotopic (exact) mass is 338 g/mol. The van der Waals surface area contributed by atoms with E-state index in [1.807, 2.05) is 6.92 Å². The molecule has 0 saturated heterocycles. The summed E-state index contributed by atoms with van der Waals surface area (Å²) in [6.07, 6.45) is 6.72. The maximum Gasteiger partial charge on any atom is 0.0510 e. The minimum Gasteiger partial charge on any atom is -0.371 e. The molecule has 112 valence electrons. The molecule has 1 atom stereocenters. The van der Waals surface area contributed by atoms with Gasteiger partial charge in [-0.05, 0) is 72.2 Å². The zero-order valence-corrected chi connectivity index (χ0v) is 14.5. The Morgan fingerprint density at radius 1 is 1.30 bits per heavy atom. The Morgan fingerprint density at radius 3 is 2.45 bits per heavy atom. The van der Waals surface area contributed by atoms with E-state index in [-0.39, 0.29) is 6.04 Å². The second kappa shape index (κ2) is 6.95. The van der Waals surface area contributed by atoms with Gasteiger partial charge in [-0.1, -0.05) is 19.4 Å². The maximum absolute atomic E-state index is 5.95. The number of anilines is 1. The molecule has 1 saturated carbocycles. The summed E-state index contributed by atoms with van der Waals surface area (Å²) in [7, 11) is 2.22. The molecule has 1 aliphatic rings. The van der Waals surface area contributed by atoms with E-state index in [9.17, 15) is 0 Å². The Bertz CT molecular complexity index is 437. The molecular formula is C17H27BrN2. The van der Waals surface area contributed by atoms with E-state index in [1.165, 1.54) is 43.4 Å². The molecule has 0 spiro atoms. The van der Waals surface area contributed by atoms with Crippen molar-refractivity contribution in [3.05, 3.63) is 28.2 Å². The third kappa shape index (κ3) is 3.56. The van der Waals surface area contributed by atoms with Gasteiger partial charge in [0, 0.05) is 23.6 Å². The van der Waals surface area contributed by atoms with Gasteiger partial charge in [0.1, 0.15) is 0 Å². The number of nitrogens with two attached hydrogens (primary N) is 1. The third-order valence-corrected chi connectivity index (χ3v) is 5.45. The molecule has 0 bridgehead atoms. The molecule has 1 aromatic rings. The number of benzene rings is 1. The molecule has 0 aliphatic heterocycles. The molecule has 0 aromatic heterocycles. The highest BCUT2D eigenvalue weighted by atomic mass is 79.9. The predicted molar refractivity (Wildman–Crippen MR) is 91.2 cm³/mol. The van der Waals surface area contributed by atoms with Crippen LogP contribution in [0.25, 0.3) is 0 Å². The van der Waals surface area contributed by atoms with Crippen LogP contribution in [0.15, 0.2) is 22.7 Å². The first-order valence-corrected chi connectivity index (χ1v) is 8.60. The Kier molecular flexibility index (Phi) is 5.50. The molecule has 0 heterocycles. The quantitative estimate of drug-likeness (QED) is 0.848. The lowest BCUT2D eigenvalue weighted by molar-refractivity contribution is 0.313. The lowest BCUT2D eigenvalue weighted by Crippen LogP contribution is -2.35. The van der Waals surface area contributed by atoms with Gasteiger partial charge >= 0.3 is 0 Å². The van der Waals surface area contributed by atoms with Gasteiger partial charge in [-0.3, -0.25) is 0 Å². The average Bonchev–Trinajstić information content (AvgIpc) is 2.46. The fourth-order valence-corrected chi connectivity index (χ4v) is 3.91. The van der Waals surface area contributed by atoms with E-state index in [4.69, 9.17) is 5.73 Å². The largest absolute Gasteiger partial charge is 0.371 e. The topological polar surface area (TPSA) is 29.3 Å². The fourth-order valence-electron chi connectivity index (χ4n) is 3.23. The molecular weight excluding hydrogens is 312 g/mol. The Morgan fingerprint density at radius 2 is 1.95 bits per heavy atom. The summed E-state index contributed by atoms with van der Waals surface area (Å²) in [6.45, 7) is 4.34. The van der Waals surface area contributed by atoms with E-state index < -0.39 is 0 Å². The molecule has 2 N–H and O–H groups in total. The minimum absolute atomic E-state index is 0.0886. The summed E-state index contributed by atoms with van der Waals surface area (Å²) >= 11 is 3.71. The number of rotatable bonds is 4. The zero-order valence-electron chi connectivity index (χ0n) is 12.9. The van der Waals surface area contributed by atoms with Gasteiger partial charge in [-0.15, -0.1) is 0 Å². The van der Waals surface area contributed by atoms with Gasteiger partial charge in [0.25, 0.3) is 0 Å². The van der Waals surface area contributed by atoms with Crippen LogP contribution < -0.4 is 10.6 Å². The third-order valence-electron chi connectivity index (χ3n) is 4.82. The molecule has 0 amide bonds. The summed E-state index contributed by atoms with van der Waals surface area (Å²) in [5, 5.41) is 0. The van der Waals surface area contributed by atoms with Crippen LogP contribution in [0.1, 0.15) is 57.6 Å². The van der Waals surface area contributed by atoms with Crippen molar-refractivity contribution in [2.45, 2.75) is 58.0 Å². The first kappa shape index (κ1) is 15.8. The van der Waals surface area contributed by atoms with Gasteiger partial charge in [0.05, 0.1) is 5.69 Å². The van der Waals surface area contributed by atoms with Gasteiger partial charge < -0.3 is 10.6 Å². The van der Waals surface area contributed by atoms with Crippen molar-refractivity contribution in [1.29, 1.82) is 0 Å². The lowest BCUT2D eigenvalue weighted by atomic mass is 9.84. The number of hydrogen-bond donors (Lipinski definition) is 1. The van der Waals surface area contributed by atoms with Crippen LogP contribution in [0.4, 0.5) is 5.69 Å². The second-order valence-electron chi connectivity index (χ2n) is 6.19. The molecule has 3 heteroatoms. The van der Waals surface area contributed by atoms with Crippen LogP contribution in [0.3, 0.4) is 0 Å². The molecule has 1 aliphatic carbocycles. The van der Waals surface area contributed by atoms with Crippen molar-refractivity contribution in [3.8, 4) is 0 Å². The van der Waals surface area contributed by atoms with E-state index >= 15 is 0 Å². The summed E-state index contributed by atoms with van der Waals surface area (Å²) in [5.74, 6) is 0.948. The van der Waals surface area contributed by atoms with E-state index in [0.717, 1.165) is 10.4 Å². The molecule has 0 radical (unpaired) electrons. The predicted octanol–water partition coefficient (Wildman–Crippen LogP) is 4.87. The van der Waals surface area contributed by atoms with Crippen LogP contribution in [0.2, 0.25) is 0 Å². The van der Waals surface area contributed by atoms with E-state index in [2.05, 4.69) is 53.0 Å². The van der Waals surface area contributed by atoms with Gasteiger partial charge in [0.2, 0.25) is 0 Å². The fraction of sp³-hybridized carbons (Fsp3) is 0.647. The zero-order chi connectivity index (χ0) is 14.7. The lowest BCUT2D eigenvalue weighted by Gasteiger charge is -2.36. The molecule has 2 rings (SSSR count). The highest BCUT2D eigenvalue weighted by molar-refractivity contribution is 9.10. The number of halogens is 1. The van der Waals surface area contributed by atoms with Gasteiger partial charge in [-0.2, -0.15) is 0 Å². The first-order chi connectivity index (χ1) is 9.52. The van der Waals surface area contributed by atoms with Crippen LogP contribution in [0.5, 0.6) is 0 Å². The summed E-state index contributed by atoms with van der Waals surface area (Å²) in [6, 6.07) is 7.28. The molecule has 1 aromatic carbocycles. The second-order valence-corrected chi connectivity index (χ2v) is 7.05. The SMILES string of the molecule is CCC1CCC(N(C)c2ccc([C@H](C)N)cc2Br)CC1. The van der Waals surface area contributed by atoms with Crippen molar-refractivity contribution >= 4 is 21.6 Å². The summed E-state index contributed by atoms with van der Waals surface area (Å²) < 4.78 is 1.16. The Labute approximate surface area is 131 Å². The van der Waals surface area contributed by atoms with Crippen molar-refractivity contribution < 1.29 is 0 Å². The average molecular weight is 339 g/mol. The van der Waals surface area contributed by atoms with Crippen molar-refractivity contribution in [2.24, 2.45) is 11.7 Å². The Hall–Kier alpha value is -0.540. The van der Waals surface area contributed by atoms with Crippen LogP contribution in [-0.4, -0.2) is 13.1 Å². The molecule has 20 heavy (non-hydrogen) atoms. The van der Waals surface area contributed by atoms with Crippen LogP contribution in [0, 0.1) is 5.92 Å². The highest BCUT2D eigenvalue weighted by Gasteiger charge is 2.24. The van der Waals surface area contributed by atoms with Gasteiger partial charge in [-0.25, -0.2) is 0 Å². The van der Waals surface area contributed by atoms with Crippen LogP contribution >= 0.6 is 15.9 Å². The van der Waals surface area contributed by atoms with Crippen LogP contribution in [-0.2, 0) is 0 Å².